The van der Waals surface area contributed by atoms with Gasteiger partial charge in [0.25, 0.3) is 0 Å². The third-order valence-electron chi connectivity index (χ3n) is 4.57. The van der Waals surface area contributed by atoms with Gasteiger partial charge in [-0.05, 0) is 33.4 Å². The van der Waals surface area contributed by atoms with Crippen LogP contribution in [-0.2, 0) is 0 Å². The Morgan fingerprint density at radius 2 is 1.78 bits per heavy atom. The summed E-state index contributed by atoms with van der Waals surface area (Å²) in [6.07, 6.45) is 4.00. The maximum absolute atomic E-state index is 6.12. The van der Waals surface area contributed by atoms with Gasteiger partial charge in [-0.25, -0.2) is 0 Å². The van der Waals surface area contributed by atoms with E-state index in [1.165, 1.54) is 65.1 Å². The zero-order valence-corrected chi connectivity index (χ0v) is 12.1. The molecule has 0 aromatic rings. The summed E-state index contributed by atoms with van der Waals surface area (Å²) in [7, 11) is 2.22. The minimum Gasteiger partial charge on any atom is -0.327 e. The fourth-order valence-electron chi connectivity index (χ4n) is 3.23. The van der Waals surface area contributed by atoms with Gasteiger partial charge in [-0.15, -0.1) is 0 Å². The van der Waals surface area contributed by atoms with Crippen molar-refractivity contribution in [3.63, 3.8) is 0 Å². The molecule has 2 rings (SSSR count). The predicted molar refractivity (Wildman–Crippen MR) is 76.8 cm³/mol. The minimum atomic E-state index is 0.317. The van der Waals surface area contributed by atoms with Crippen LogP contribution in [0.2, 0.25) is 0 Å². The Morgan fingerprint density at radius 3 is 2.44 bits per heavy atom. The summed E-state index contributed by atoms with van der Waals surface area (Å²) < 4.78 is 0. The van der Waals surface area contributed by atoms with Crippen molar-refractivity contribution in [1.29, 1.82) is 0 Å². The second-order valence-corrected chi connectivity index (χ2v) is 6.10. The molecule has 2 aliphatic rings. The van der Waals surface area contributed by atoms with Crippen LogP contribution in [0.4, 0.5) is 0 Å². The van der Waals surface area contributed by atoms with E-state index < -0.39 is 0 Å². The van der Waals surface area contributed by atoms with E-state index >= 15 is 0 Å². The molecule has 2 fully saturated rings. The summed E-state index contributed by atoms with van der Waals surface area (Å²) in [5.41, 5.74) is 6.12. The molecule has 18 heavy (non-hydrogen) atoms. The van der Waals surface area contributed by atoms with Crippen molar-refractivity contribution in [2.45, 2.75) is 38.3 Å². The molecule has 0 spiro atoms. The number of piperidine rings is 1. The van der Waals surface area contributed by atoms with Crippen LogP contribution in [0.5, 0.6) is 0 Å². The molecule has 0 saturated carbocycles. The summed E-state index contributed by atoms with van der Waals surface area (Å²) in [5, 5.41) is 0. The SMILES string of the molecule is CC(N)C1CCCCN1CCN1CCN(C)CC1. The normalized spacial score (nSPS) is 30.5. The first-order valence-electron chi connectivity index (χ1n) is 7.57. The fourth-order valence-corrected chi connectivity index (χ4v) is 3.23. The van der Waals surface area contributed by atoms with Crippen LogP contribution in [0.3, 0.4) is 0 Å². The monoisotopic (exact) mass is 254 g/mol. The lowest BCUT2D eigenvalue weighted by atomic mass is 9.97. The van der Waals surface area contributed by atoms with Gasteiger partial charge in [0, 0.05) is 51.4 Å². The average molecular weight is 254 g/mol. The van der Waals surface area contributed by atoms with E-state index in [1.807, 2.05) is 0 Å². The summed E-state index contributed by atoms with van der Waals surface area (Å²) in [6.45, 7) is 10.7. The number of nitrogens with two attached hydrogens (primary N) is 1. The van der Waals surface area contributed by atoms with Crippen molar-refractivity contribution >= 4 is 0 Å². The quantitative estimate of drug-likeness (QED) is 0.789. The molecule has 4 nitrogen and oxygen atoms in total. The van der Waals surface area contributed by atoms with Crippen LogP contribution in [0.25, 0.3) is 0 Å². The Kier molecular flexibility index (Phi) is 5.42. The lowest BCUT2D eigenvalue weighted by Crippen LogP contribution is -2.52. The third-order valence-corrected chi connectivity index (χ3v) is 4.57. The van der Waals surface area contributed by atoms with Crippen LogP contribution in [-0.4, -0.2) is 79.6 Å². The molecule has 4 heteroatoms. The van der Waals surface area contributed by atoms with Crippen LogP contribution < -0.4 is 5.73 Å². The molecule has 2 N–H and O–H groups in total. The van der Waals surface area contributed by atoms with Gasteiger partial charge in [0.05, 0.1) is 0 Å². The fraction of sp³-hybridized carbons (Fsp3) is 1.00. The average Bonchev–Trinajstić information content (AvgIpc) is 2.38. The first kappa shape index (κ1) is 14.3. The van der Waals surface area contributed by atoms with Gasteiger partial charge in [-0.2, -0.15) is 0 Å². The molecule has 0 bridgehead atoms. The van der Waals surface area contributed by atoms with E-state index in [-0.39, 0.29) is 0 Å². The highest BCUT2D eigenvalue weighted by molar-refractivity contribution is 4.84. The van der Waals surface area contributed by atoms with Crippen LogP contribution >= 0.6 is 0 Å². The van der Waals surface area contributed by atoms with Crippen molar-refractivity contribution in [1.82, 2.24) is 14.7 Å². The maximum atomic E-state index is 6.12. The van der Waals surface area contributed by atoms with E-state index in [0.717, 1.165) is 0 Å². The highest BCUT2D eigenvalue weighted by Crippen LogP contribution is 2.18. The zero-order valence-electron chi connectivity index (χ0n) is 12.1. The van der Waals surface area contributed by atoms with Crippen molar-refractivity contribution < 1.29 is 0 Å². The summed E-state index contributed by atoms with van der Waals surface area (Å²) in [5.74, 6) is 0. The predicted octanol–water partition coefficient (Wildman–Crippen LogP) is 0.436. The lowest BCUT2D eigenvalue weighted by molar-refractivity contribution is 0.0934. The van der Waals surface area contributed by atoms with E-state index in [1.54, 1.807) is 0 Å². The number of hydrogen-bond acceptors (Lipinski definition) is 4. The van der Waals surface area contributed by atoms with Gasteiger partial charge in [-0.3, -0.25) is 9.80 Å². The first-order chi connectivity index (χ1) is 8.66. The van der Waals surface area contributed by atoms with Crippen molar-refractivity contribution in [3.8, 4) is 0 Å². The zero-order chi connectivity index (χ0) is 13.0. The minimum absolute atomic E-state index is 0.317. The van der Waals surface area contributed by atoms with Crippen LogP contribution in [0.1, 0.15) is 26.2 Å². The molecule has 0 aromatic heterocycles. The Hall–Kier alpha value is -0.160. The van der Waals surface area contributed by atoms with Gasteiger partial charge in [-0.1, -0.05) is 6.42 Å². The van der Waals surface area contributed by atoms with Crippen molar-refractivity contribution in [3.05, 3.63) is 0 Å². The standard InChI is InChI=1S/C14H30N4/c1-13(15)14-5-3-4-6-18(14)12-11-17-9-7-16(2)8-10-17/h13-14H,3-12,15H2,1-2H3. The summed E-state index contributed by atoms with van der Waals surface area (Å²) in [4.78, 5) is 7.65. The summed E-state index contributed by atoms with van der Waals surface area (Å²) in [6, 6.07) is 0.934. The number of piperazine rings is 1. The first-order valence-corrected chi connectivity index (χ1v) is 7.57. The molecule has 0 aliphatic carbocycles. The second kappa shape index (κ2) is 6.85. The van der Waals surface area contributed by atoms with E-state index in [0.29, 0.717) is 12.1 Å². The molecule has 0 aromatic carbocycles. The Balaban J connectivity index is 1.74. The van der Waals surface area contributed by atoms with E-state index in [9.17, 15) is 0 Å². The van der Waals surface area contributed by atoms with Crippen LogP contribution in [0.15, 0.2) is 0 Å². The molecule has 2 unspecified atom stereocenters. The van der Waals surface area contributed by atoms with Crippen molar-refractivity contribution in [2.24, 2.45) is 5.73 Å². The number of likely N-dealkylation sites (tertiary alicyclic amines) is 1. The van der Waals surface area contributed by atoms with Gasteiger partial charge in [0.2, 0.25) is 0 Å². The van der Waals surface area contributed by atoms with Gasteiger partial charge in [0.15, 0.2) is 0 Å². The molecule has 0 radical (unpaired) electrons. The van der Waals surface area contributed by atoms with Gasteiger partial charge in [0.1, 0.15) is 0 Å². The molecule has 2 saturated heterocycles. The number of rotatable bonds is 4. The van der Waals surface area contributed by atoms with E-state index in [2.05, 4.69) is 28.7 Å². The topological polar surface area (TPSA) is 35.7 Å². The third kappa shape index (κ3) is 3.92. The Labute approximate surface area is 112 Å². The van der Waals surface area contributed by atoms with Crippen molar-refractivity contribution in [2.75, 3.05) is 52.9 Å². The molecule has 2 atom stereocenters. The Bertz CT molecular complexity index is 236. The lowest BCUT2D eigenvalue weighted by Gasteiger charge is -2.40. The molecule has 106 valence electrons. The highest BCUT2D eigenvalue weighted by Gasteiger charge is 2.25. The Morgan fingerprint density at radius 1 is 1.06 bits per heavy atom. The summed E-state index contributed by atoms with van der Waals surface area (Å²) >= 11 is 0. The smallest absolute Gasteiger partial charge is 0.0245 e. The number of nitrogens with zero attached hydrogens (tertiary/aromatic N) is 3. The van der Waals surface area contributed by atoms with E-state index in [4.69, 9.17) is 5.73 Å². The number of likely N-dealkylation sites (N-methyl/N-ethyl adjacent to an activating group) is 1. The van der Waals surface area contributed by atoms with Gasteiger partial charge < -0.3 is 10.6 Å². The maximum Gasteiger partial charge on any atom is 0.0245 e. The van der Waals surface area contributed by atoms with Gasteiger partial charge >= 0.3 is 0 Å². The highest BCUT2D eigenvalue weighted by atomic mass is 15.3. The molecular formula is C14H30N4. The molecule has 0 amide bonds. The number of hydrogen-bond donors (Lipinski definition) is 1. The molecule has 2 heterocycles. The second-order valence-electron chi connectivity index (χ2n) is 6.10. The van der Waals surface area contributed by atoms with Crippen LogP contribution in [0, 0.1) is 0 Å². The molecular weight excluding hydrogens is 224 g/mol. The molecule has 2 aliphatic heterocycles. The largest absolute Gasteiger partial charge is 0.327 e.